The summed E-state index contributed by atoms with van der Waals surface area (Å²) in [6.07, 6.45) is 1.82. The van der Waals surface area contributed by atoms with E-state index in [4.69, 9.17) is 5.73 Å². The number of hydrogen-bond donors (Lipinski definition) is 1. The van der Waals surface area contributed by atoms with Crippen molar-refractivity contribution in [2.45, 2.75) is 27.7 Å². The van der Waals surface area contributed by atoms with E-state index in [0.29, 0.717) is 5.56 Å². The van der Waals surface area contributed by atoms with E-state index >= 15 is 0 Å². The van der Waals surface area contributed by atoms with Gasteiger partial charge in [-0.25, -0.2) is 0 Å². The van der Waals surface area contributed by atoms with Crippen LogP contribution in [0.25, 0.3) is 6.08 Å². The number of nitro benzene ring substituents is 1. The molecule has 0 aromatic heterocycles. The SMILES string of the molecule is C/C(Br)=C\c1ccc(N)c([N+](=O)[O-])c1C.CC. The summed E-state index contributed by atoms with van der Waals surface area (Å²) in [6.45, 7) is 7.55. The molecule has 0 aliphatic heterocycles. The van der Waals surface area contributed by atoms with Crippen LogP contribution in [0.1, 0.15) is 31.9 Å². The topological polar surface area (TPSA) is 69.2 Å². The molecule has 0 heterocycles. The molecule has 0 aliphatic rings. The van der Waals surface area contributed by atoms with Crippen molar-refractivity contribution >= 4 is 33.4 Å². The molecule has 17 heavy (non-hydrogen) atoms. The third-order valence-corrected chi connectivity index (χ3v) is 2.27. The summed E-state index contributed by atoms with van der Waals surface area (Å²) in [5, 5.41) is 10.8. The molecule has 1 rings (SSSR count). The molecule has 0 saturated carbocycles. The molecule has 0 saturated heterocycles. The van der Waals surface area contributed by atoms with Gasteiger partial charge in [-0.05, 0) is 36.0 Å². The molecule has 0 fully saturated rings. The maximum absolute atomic E-state index is 10.8. The Bertz CT molecular complexity index is 438. The highest BCUT2D eigenvalue weighted by Crippen LogP contribution is 2.29. The zero-order valence-corrected chi connectivity index (χ0v) is 12.0. The molecule has 1 aromatic rings. The second kappa shape index (κ2) is 7.06. The van der Waals surface area contributed by atoms with Crippen LogP contribution in [-0.4, -0.2) is 4.92 Å². The van der Waals surface area contributed by atoms with E-state index in [-0.39, 0.29) is 11.4 Å². The van der Waals surface area contributed by atoms with Crippen LogP contribution >= 0.6 is 15.9 Å². The van der Waals surface area contributed by atoms with E-state index in [1.807, 2.05) is 26.8 Å². The fraction of sp³-hybridized carbons (Fsp3) is 0.333. The molecular weight excluding hydrogens is 284 g/mol. The van der Waals surface area contributed by atoms with Crippen LogP contribution in [0.3, 0.4) is 0 Å². The van der Waals surface area contributed by atoms with Crippen molar-refractivity contribution in [1.82, 2.24) is 0 Å². The smallest absolute Gasteiger partial charge is 0.295 e. The summed E-state index contributed by atoms with van der Waals surface area (Å²) in [5.74, 6) is 0. The van der Waals surface area contributed by atoms with Crippen LogP contribution in [0, 0.1) is 17.0 Å². The van der Waals surface area contributed by atoms with Crippen molar-refractivity contribution in [3.8, 4) is 0 Å². The maximum Gasteiger partial charge on any atom is 0.295 e. The van der Waals surface area contributed by atoms with Gasteiger partial charge in [-0.3, -0.25) is 10.1 Å². The summed E-state index contributed by atoms with van der Waals surface area (Å²) in [5.41, 5.74) is 7.11. The zero-order chi connectivity index (χ0) is 13.6. The van der Waals surface area contributed by atoms with Gasteiger partial charge in [-0.1, -0.05) is 35.8 Å². The first-order chi connectivity index (χ1) is 7.93. The Kier molecular flexibility index (Phi) is 6.50. The lowest BCUT2D eigenvalue weighted by atomic mass is 10.1. The van der Waals surface area contributed by atoms with Gasteiger partial charge in [0.1, 0.15) is 5.69 Å². The summed E-state index contributed by atoms with van der Waals surface area (Å²) < 4.78 is 0.907. The van der Waals surface area contributed by atoms with Crippen molar-refractivity contribution < 1.29 is 4.92 Å². The van der Waals surface area contributed by atoms with Gasteiger partial charge in [-0.2, -0.15) is 0 Å². The minimum absolute atomic E-state index is 0.0162. The van der Waals surface area contributed by atoms with Crippen molar-refractivity contribution in [3.05, 3.63) is 37.9 Å². The number of halogens is 1. The number of benzene rings is 1. The Morgan fingerprint density at radius 2 is 2.00 bits per heavy atom. The van der Waals surface area contributed by atoms with Crippen LogP contribution in [0.2, 0.25) is 0 Å². The van der Waals surface area contributed by atoms with Gasteiger partial charge >= 0.3 is 0 Å². The summed E-state index contributed by atoms with van der Waals surface area (Å²) >= 11 is 3.29. The average Bonchev–Trinajstić information content (AvgIpc) is 2.24. The molecule has 0 unspecified atom stereocenters. The molecule has 0 atom stereocenters. The molecule has 0 aliphatic carbocycles. The highest BCUT2D eigenvalue weighted by molar-refractivity contribution is 9.11. The molecular formula is C12H17BrN2O2. The Morgan fingerprint density at radius 3 is 2.41 bits per heavy atom. The highest BCUT2D eigenvalue weighted by Gasteiger charge is 2.17. The molecule has 0 amide bonds. The fourth-order valence-electron chi connectivity index (χ4n) is 1.35. The predicted octanol–water partition coefficient (Wildman–Crippen LogP) is 4.27. The number of rotatable bonds is 2. The molecule has 0 radical (unpaired) electrons. The van der Waals surface area contributed by atoms with Crippen LogP contribution < -0.4 is 5.73 Å². The van der Waals surface area contributed by atoms with Crippen LogP contribution in [0.15, 0.2) is 16.6 Å². The molecule has 5 heteroatoms. The third-order valence-electron chi connectivity index (χ3n) is 2.04. The lowest BCUT2D eigenvalue weighted by Gasteiger charge is -2.04. The number of allylic oxidation sites excluding steroid dienone is 1. The van der Waals surface area contributed by atoms with Crippen LogP contribution in [-0.2, 0) is 0 Å². The van der Waals surface area contributed by atoms with Crippen molar-refractivity contribution in [2.75, 3.05) is 5.73 Å². The van der Waals surface area contributed by atoms with Crippen LogP contribution in [0.5, 0.6) is 0 Å². The lowest BCUT2D eigenvalue weighted by molar-refractivity contribution is -0.384. The van der Waals surface area contributed by atoms with Gasteiger partial charge in [0.2, 0.25) is 0 Å². The third kappa shape index (κ3) is 4.19. The molecule has 0 bridgehead atoms. The Labute approximate surface area is 110 Å². The highest BCUT2D eigenvalue weighted by atomic mass is 79.9. The minimum Gasteiger partial charge on any atom is -0.393 e. The molecule has 0 spiro atoms. The first-order valence-electron chi connectivity index (χ1n) is 5.30. The number of nitrogens with zero attached hydrogens (tertiary/aromatic N) is 1. The molecule has 94 valence electrons. The summed E-state index contributed by atoms with van der Waals surface area (Å²) in [4.78, 5) is 10.3. The number of anilines is 1. The van der Waals surface area contributed by atoms with Gasteiger partial charge < -0.3 is 5.73 Å². The Morgan fingerprint density at radius 1 is 1.47 bits per heavy atom. The Hall–Kier alpha value is -1.36. The minimum atomic E-state index is -0.453. The normalized spacial score (nSPS) is 10.5. The van der Waals surface area contributed by atoms with E-state index in [1.165, 1.54) is 0 Å². The van der Waals surface area contributed by atoms with Gasteiger partial charge in [0.15, 0.2) is 0 Å². The van der Waals surface area contributed by atoms with Gasteiger partial charge in [0, 0.05) is 5.56 Å². The predicted molar refractivity (Wildman–Crippen MR) is 76.2 cm³/mol. The number of nitrogens with two attached hydrogens (primary N) is 1. The van der Waals surface area contributed by atoms with E-state index < -0.39 is 4.92 Å². The van der Waals surface area contributed by atoms with E-state index in [9.17, 15) is 10.1 Å². The van der Waals surface area contributed by atoms with Crippen molar-refractivity contribution in [2.24, 2.45) is 0 Å². The van der Waals surface area contributed by atoms with E-state index in [0.717, 1.165) is 10.0 Å². The molecule has 1 aromatic carbocycles. The number of nitrogen functional groups attached to an aromatic ring is 1. The maximum atomic E-state index is 10.8. The summed E-state index contributed by atoms with van der Waals surface area (Å²) in [7, 11) is 0. The second-order valence-corrected chi connectivity index (χ2v) is 4.46. The van der Waals surface area contributed by atoms with Crippen LogP contribution in [0.4, 0.5) is 11.4 Å². The average molecular weight is 301 g/mol. The monoisotopic (exact) mass is 300 g/mol. The second-order valence-electron chi connectivity index (χ2n) is 3.21. The summed E-state index contributed by atoms with van der Waals surface area (Å²) in [6, 6.07) is 3.31. The standard InChI is InChI=1S/C10H11BrN2O2.C2H6/c1-6(11)5-8-3-4-9(12)10(7(8)2)13(14)15;1-2/h3-5H,12H2,1-2H3;1-2H3/b6-5+;. The van der Waals surface area contributed by atoms with Gasteiger partial charge in [-0.15, -0.1) is 0 Å². The zero-order valence-electron chi connectivity index (χ0n) is 10.5. The first-order valence-corrected chi connectivity index (χ1v) is 6.10. The number of hydrogen-bond acceptors (Lipinski definition) is 3. The Balaban J connectivity index is 0.00000121. The fourth-order valence-corrected chi connectivity index (χ4v) is 1.60. The first kappa shape index (κ1) is 15.6. The van der Waals surface area contributed by atoms with Gasteiger partial charge in [0.05, 0.1) is 4.92 Å². The van der Waals surface area contributed by atoms with E-state index in [2.05, 4.69) is 15.9 Å². The van der Waals surface area contributed by atoms with Crippen molar-refractivity contribution in [3.63, 3.8) is 0 Å². The van der Waals surface area contributed by atoms with Gasteiger partial charge in [0.25, 0.3) is 5.69 Å². The molecule has 4 nitrogen and oxygen atoms in total. The lowest BCUT2D eigenvalue weighted by Crippen LogP contribution is -1.99. The molecule has 2 N–H and O–H groups in total. The van der Waals surface area contributed by atoms with E-state index in [1.54, 1.807) is 19.1 Å². The quantitative estimate of drug-likeness (QED) is 0.504. The largest absolute Gasteiger partial charge is 0.393 e. The van der Waals surface area contributed by atoms with Crippen molar-refractivity contribution in [1.29, 1.82) is 0 Å². The number of nitro groups is 1.